The molecule has 1 unspecified atom stereocenters. The fraction of sp³-hybridized carbons (Fsp3) is 0.333. The third-order valence-electron chi connectivity index (χ3n) is 3.04. The van der Waals surface area contributed by atoms with Crippen molar-refractivity contribution in [1.82, 2.24) is 15.5 Å². The number of nitrogens with two attached hydrogens (primary N) is 1. The van der Waals surface area contributed by atoms with E-state index in [2.05, 4.69) is 20.8 Å². The minimum atomic E-state index is -0.366. The molecule has 0 saturated heterocycles. The minimum Gasteiger partial charge on any atom is -0.466 e. The molecule has 9 heteroatoms. The number of anilines is 2. The molecule has 0 bridgehead atoms. The third kappa shape index (κ3) is 5.20. The number of rotatable bonds is 6. The summed E-state index contributed by atoms with van der Waals surface area (Å²) in [4.78, 5) is 23.4. The summed E-state index contributed by atoms with van der Waals surface area (Å²) in [5.74, 6) is -0.277. The molecule has 2 rings (SSSR count). The molecule has 1 aromatic carbocycles. The van der Waals surface area contributed by atoms with Gasteiger partial charge in [0.05, 0.1) is 19.1 Å². The lowest BCUT2D eigenvalue weighted by Gasteiger charge is -2.12. The zero-order chi connectivity index (χ0) is 17.5. The number of ether oxygens (including phenoxy) is 1. The maximum atomic E-state index is 12.0. The lowest BCUT2D eigenvalue weighted by atomic mass is 10.1. The normalized spacial score (nSPS) is 11.6. The zero-order valence-corrected chi connectivity index (χ0v) is 14.2. The first-order valence-corrected chi connectivity index (χ1v) is 8.20. The van der Waals surface area contributed by atoms with Gasteiger partial charge in [0.1, 0.15) is 5.01 Å². The van der Waals surface area contributed by atoms with Crippen LogP contribution in [0.1, 0.15) is 30.5 Å². The highest BCUT2D eigenvalue weighted by molar-refractivity contribution is 7.15. The molecule has 0 spiro atoms. The van der Waals surface area contributed by atoms with Crippen LogP contribution in [-0.2, 0) is 16.0 Å². The predicted octanol–water partition coefficient (Wildman–Crippen LogP) is 2.11. The summed E-state index contributed by atoms with van der Waals surface area (Å²) in [6, 6.07) is 6.31. The van der Waals surface area contributed by atoms with Crippen molar-refractivity contribution in [3.8, 4) is 0 Å². The molecule has 1 atom stereocenters. The number of nitrogens with zero attached hydrogens (tertiary/aromatic N) is 2. The summed E-state index contributed by atoms with van der Waals surface area (Å²) in [6.45, 7) is 3.92. The lowest BCUT2D eigenvalue weighted by molar-refractivity contribution is -0.142. The van der Waals surface area contributed by atoms with Crippen LogP contribution in [0.2, 0.25) is 0 Å². The van der Waals surface area contributed by atoms with Crippen LogP contribution < -0.4 is 16.4 Å². The van der Waals surface area contributed by atoms with Gasteiger partial charge in [-0.3, -0.25) is 4.79 Å². The minimum absolute atomic E-state index is 0.204. The Bertz CT molecular complexity index is 701. The molecule has 0 fully saturated rings. The van der Waals surface area contributed by atoms with Crippen molar-refractivity contribution in [3.63, 3.8) is 0 Å². The number of nitrogens with one attached hydrogen (secondary N) is 2. The van der Waals surface area contributed by atoms with Crippen LogP contribution in [0.5, 0.6) is 0 Å². The highest BCUT2D eigenvalue weighted by Crippen LogP contribution is 2.19. The van der Waals surface area contributed by atoms with Gasteiger partial charge < -0.3 is 21.1 Å². The van der Waals surface area contributed by atoms with E-state index in [1.807, 2.05) is 0 Å². The van der Waals surface area contributed by atoms with Crippen molar-refractivity contribution in [3.05, 3.63) is 34.8 Å². The van der Waals surface area contributed by atoms with E-state index in [4.69, 9.17) is 10.5 Å². The molecule has 2 amide bonds. The second-order valence-corrected chi connectivity index (χ2v) is 6.02. The van der Waals surface area contributed by atoms with Crippen molar-refractivity contribution in [2.75, 3.05) is 17.7 Å². The summed E-state index contributed by atoms with van der Waals surface area (Å²) in [7, 11) is 0. The molecule has 2 aromatic rings. The smallest absolute Gasteiger partial charge is 0.319 e. The Balaban J connectivity index is 1.86. The topological polar surface area (TPSA) is 119 Å². The number of hydrogen-bond acceptors (Lipinski definition) is 7. The second-order valence-electron chi connectivity index (χ2n) is 4.98. The Labute approximate surface area is 143 Å². The number of aromatic nitrogens is 2. The van der Waals surface area contributed by atoms with Gasteiger partial charge in [-0.1, -0.05) is 23.5 Å². The van der Waals surface area contributed by atoms with E-state index in [0.29, 0.717) is 22.4 Å². The largest absolute Gasteiger partial charge is 0.466 e. The van der Waals surface area contributed by atoms with Gasteiger partial charge >= 0.3 is 12.0 Å². The number of benzene rings is 1. The fourth-order valence-corrected chi connectivity index (χ4v) is 2.54. The summed E-state index contributed by atoms with van der Waals surface area (Å²) >= 11 is 1.22. The van der Waals surface area contributed by atoms with Gasteiger partial charge in [0.2, 0.25) is 5.13 Å². The number of carbonyl (C=O) groups excluding carboxylic acids is 2. The quantitative estimate of drug-likeness (QED) is 0.687. The van der Waals surface area contributed by atoms with Gasteiger partial charge in [0.15, 0.2) is 0 Å². The average Bonchev–Trinajstić information content (AvgIpc) is 2.96. The standard InChI is InChI=1S/C15H19N5O3S/c1-3-23-12(21)8-10-4-6-11(7-5-10)18-15(22)17-9(2)13-19-20-14(16)24-13/h4-7,9H,3,8H2,1-2H3,(H2,16,20)(H2,17,18,22). The van der Waals surface area contributed by atoms with Crippen molar-refractivity contribution >= 4 is 34.2 Å². The van der Waals surface area contributed by atoms with Crippen molar-refractivity contribution < 1.29 is 14.3 Å². The number of esters is 1. The van der Waals surface area contributed by atoms with Crippen LogP contribution in [0.25, 0.3) is 0 Å². The molecule has 128 valence electrons. The molecule has 0 aliphatic rings. The third-order valence-corrected chi connectivity index (χ3v) is 3.98. The van der Waals surface area contributed by atoms with E-state index in [1.165, 1.54) is 11.3 Å². The summed E-state index contributed by atoms with van der Waals surface area (Å²) in [5, 5.41) is 14.1. The Morgan fingerprint density at radius 1 is 1.29 bits per heavy atom. The van der Waals surface area contributed by atoms with Crippen LogP contribution in [0.15, 0.2) is 24.3 Å². The van der Waals surface area contributed by atoms with Crippen molar-refractivity contribution in [2.24, 2.45) is 0 Å². The molecule has 0 radical (unpaired) electrons. The second kappa shape index (κ2) is 8.25. The van der Waals surface area contributed by atoms with Crippen molar-refractivity contribution in [2.45, 2.75) is 26.3 Å². The maximum absolute atomic E-state index is 12.0. The molecular formula is C15H19N5O3S. The predicted molar refractivity (Wildman–Crippen MR) is 91.7 cm³/mol. The highest BCUT2D eigenvalue weighted by atomic mass is 32.1. The number of hydrogen-bond donors (Lipinski definition) is 3. The Hall–Kier alpha value is -2.68. The van der Waals surface area contributed by atoms with E-state index in [0.717, 1.165) is 5.56 Å². The average molecular weight is 349 g/mol. The molecule has 0 aliphatic carbocycles. The first-order chi connectivity index (χ1) is 11.5. The Morgan fingerprint density at radius 3 is 2.58 bits per heavy atom. The van der Waals surface area contributed by atoms with Crippen LogP contribution in [0, 0.1) is 0 Å². The van der Waals surface area contributed by atoms with Crippen LogP contribution in [0.3, 0.4) is 0 Å². The van der Waals surface area contributed by atoms with Gasteiger partial charge in [-0.05, 0) is 31.5 Å². The van der Waals surface area contributed by atoms with Gasteiger partial charge in [-0.2, -0.15) is 0 Å². The number of nitrogen functional groups attached to an aromatic ring is 1. The SMILES string of the molecule is CCOC(=O)Cc1ccc(NC(=O)NC(C)c2nnc(N)s2)cc1. The molecule has 0 saturated carbocycles. The molecule has 8 nitrogen and oxygen atoms in total. The monoisotopic (exact) mass is 349 g/mol. The van der Waals surface area contributed by atoms with Crippen molar-refractivity contribution in [1.29, 1.82) is 0 Å². The summed E-state index contributed by atoms with van der Waals surface area (Å²) in [5.41, 5.74) is 6.95. The molecule has 0 aliphatic heterocycles. The molecular weight excluding hydrogens is 330 g/mol. The lowest BCUT2D eigenvalue weighted by Crippen LogP contribution is -2.31. The van der Waals surface area contributed by atoms with E-state index in [9.17, 15) is 9.59 Å². The van der Waals surface area contributed by atoms with E-state index in [1.54, 1.807) is 38.1 Å². The van der Waals surface area contributed by atoms with Crippen LogP contribution >= 0.6 is 11.3 Å². The molecule has 1 aromatic heterocycles. The summed E-state index contributed by atoms with van der Waals surface area (Å²) < 4.78 is 4.89. The molecule has 1 heterocycles. The number of urea groups is 1. The molecule has 4 N–H and O–H groups in total. The maximum Gasteiger partial charge on any atom is 0.319 e. The molecule has 24 heavy (non-hydrogen) atoms. The Kier molecular flexibility index (Phi) is 6.07. The van der Waals surface area contributed by atoms with Gasteiger partial charge in [-0.15, -0.1) is 10.2 Å². The van der Waals surface area contributed by atoms with Gasteiger partial charge in [0.25, 0.3) is 0 Å². The van der Waals surface area contributed by atoms with Crippen LogP contribution in [0.4, 0.5) is 15.6 Å². The number of carbonyl (C=O) groups is 2. The van der Waals surface area contributed by atoms with Gasteiger partial charge in [0, 0.05) is 5.69 Å². The first kappa shape index (κ1) is 17.7. The van der Waals surface area contributed by atoms with E-state index < -0.39 is 0 Å². The fourth-order valence-electron chi connectivity index (χ4n) is 1.93. The van der Waals surface area contributed by atoms with E-state index in [-0.39, 0.29) is 24.5 Å². The number of amides is 2. The first-order valence-electron chi connectivity index (χ1n) is 7.39. The zero-order valence-electron chi connectivity index (χ0n) is 13.4. The van der Waals surface area contributed by atoms with Crippen LogP contribution in [-0.4, -0.2) is 28.8 Å². The van der Waals surface area contributed by atoms with Gasteiger partial charge in [-0.25, -0.2) is 4.79 Å². The highest BCUT2D eigenvalue weighted by Gasteiger charge is 2.14. The summed E-state index contributed by atoms with van der Waals surface area (Å²) in [6.07, 6.45) is 0.204. The Morgan fingerprint density at radius 2 is 2.00 bits per heavy atom. The van der Waals surface area contributed by atoms with E-state index >= 15 is 0 Å².